The van der Waals surface area contributed by atoms with Crippen LogP contribution in [0, 0.1) is 0 Å². The van der Waals surface area contributed by atoms with Crippen LogP contribution < -0.4 is 10.3 Å². The minimum atomic E-state index is -0.226. The molecule has 0 unspecified atom stereocenters. The standard InChI is InChI=1S/C19H14N2O3S2/c1-24-12-6-4-11(5-7-12)13-10-26-19-17(13)18(23)20-16(21-19)9-14(22)15-3-2-8-25-15/h2-8,10H,9H2,1H3,(H,20,21,23). The average molecular weight is 382 g/mol. The van der Waals surface area contributed by atoms with Gasteiger partial charge in [0.2, 0.25) is 0 Å². The van der Waals surface area contributed by atoms with Crippen molar-refractivity contribution in [1.82, 2.24) is 9.97 Å². The summed E-state index contributed by atoms with van der Waals surface area (Å²) in [5.41, 5.74) is 1.53. The first-order valence-corrected chi connectivity index (χ1v) is 9.63. The van der Waals surface area contributed by atoms with E-state index in [4.69, 9.17) is 4.74 Å². The molecule has 0 radical (unpaired) electrons. The Hall–Kier alpha value is -2.77. The molecule has 1 aromatic carbocycles. The van der Waals surface area contributed by atoms with E-state index in [9.17, 15) is 9.59 Å². The van der Waals surface area contributed by atoms with E-state index >= 15 is 0 Å². The lowest BCUT2D eigenvalue weighted by Crippen LogP contribution is -2.14. The van der Waals surface area contributed by atoms with Crippen molar-refractivity contribution in [2.45, 2.75) is 6.42 Å². The molecule has 26 heavy (non-hydrogen) atoms. The molecule has 0 aliphatic rings. The van der Waals surface area contributed by atoms with E-state index in [-0.39, 0.29) is 17.8 Å². The molecule has 4 aromatic rings. The largest absolute Gasteiger partial charge is 0.497 e. The summed E-state index contributed by atoms with van der Waals surface area (Å²) in [4.78, 5) is 33.4. The molecule has 5 nitrogen and oxygen atoms in total. The molecule has 130 valence electrons. The van der Waals surface area contributed by atoms with Crippen molar-refractivity contribution in [1.29, 1.82) is 0 Å². The second kappa shape index (κ2) is 6.86. The van der Waals surface area contributed by atoms with E-state index < -0.39 is 0 Å². The smallest absolute Gasteiger partial charge is 0.260 e. The number of methoxy groups -OCH3 is 1. The Kier molecular flexibility index (Phi) is 4.40. The van der Waals surface area contributed by atoms with Gasteiger partial charge in [-0.1, -0.05) is 18.2 Å². The summed E-state index contributed by atoms with van der Waals surface area (Å²) in [6.07, 6.45) is 0.0848. The molecule has 0 saturated heterocycles. The monoisotopic (exact) mass is 382 g/mol. The first-order chi connectivity index (χ1) is 12.7. The molecule has 0 spiro atoms. The molecule has 7 heteroatoms. The number of hydrogen-bond acceptors (Lipinski definition) is 6. The van der Waals surface area contributed by atoms with Crippen LogP contribution in [-0.4, -0.2) is 22.9 Å². The van der Waals surface area contributed by atoms with Gasteiger partial charge in [0.1, 0.15) is 16.4 Å². The molecule has 0 aliphatic heterocycles. The molecule has 3 heterocycles. The van der Waals surface area contributed by atoms with Crippen LogP contribution in [0.1, 0.15) is 15.5 Å². The summed E-state index contributed by atoms with van der Waals surface area (Å²) >= 11 is 2.79. The number of benzene rings is 1. The zero-order valence-electron chi connectivity index (χ0n) is 13.8. The Bertz CT molecular complexity index is 1130. The number of Topliss-reactive ketones (excluding diaryl/α,β-unsaturated/α-hetero) is 1. The maximum atomic E-state index is 12.6. The molecule has 4 rings (SSSR count). The Morgan fingerprint density at radius 1 is 1.19 bits per heavy atom. The fourth-order valence-corrected chi connectivity index (χ4v) is 4.37. The summed E-state index contributed by atoms with van der Waals surface area (Å²) in [6.45, 7) is 0. The zero-order chi connectivity index (χ0) is 18.1. The molecule has 0 fully saturated rings. The molecular weight excluding hydrogens is 368 g/mol. The molecule has 3 aromatic heterocycles. The zero-order valence-corrected chi connectivity index (χ0v) is 15.4. The van der Waals surface area contributed by atoms with Gasteiger partial charge >= 0.3 is 0 Å². The van der Waals surface area contributed by atoms with Crippen LogP contribution in [0.2, 0.25) is 0 Å². The molecular formula is C19H14N2O3S2. The summed E-state index contributed by atoms with van der Waals surface area (Å²) in [5, 5.41) is 4.32. The van der Waals surface area contributed by atoms with Gasteiger partial charge in [-0.3, -0.25) is 9.59 Å². The van der Waals surface area contributed by atoms with Crippen molar-refractivity contribution in [3.05, 3.63) is 68.2 Å². The minimum Gasteiger partial charge on any atom is -0.497 e. The number of carbonyl (C=O) groups is 1. The number of H-pyrrole nitrogens is 1. The number of nitrogens with one attached hydrogen (secondary N) is 1. The number of rotatable bonds is 5. The summed E-state index contributed by atoms with van der Waals surface area (Å²) < 4.78 is 5.17. The quantitative estimate of drug-likeness (QED) is 0.527. The number of carbonyl (C=O) groups excluding carboxylic acids is 1. The molecule has 0 atom stereocenters. The van der Waals surface area contributed by atoms with Crippen LogP contribution in [0.25, 0.3) is 21.3 Å². The number of aromatic amines is 1. The van der Waals surface area contributed by atoms with E-state index in [2.05, 4.69) is 9.97 Å². The van der Waals surface area contributed by atoms with Crippen molar-refractivity contribution in [3.63, 3.8) is 0 Å². The predicted octanol–water partition coefficient (Wildman–Crippen LogP) is 4.15. The van der Waals surface area contributed by atoms with Gasteiger partial charge in [0.05, 0.1) is 23.8 Å². The third kappa shape index (κ3) is 3.07. The lowest BCUT2D eigenvalue weighted by atomic mass is 10.1. The van der Waals surface area contributed by atoms with Gasteiger partial charge in [0, 0.05) is 10.9 Å². The highest BCUT2D eigenvalue weighted by molar-refractivity contribution is 7.17. The topological polar surface area (TPSA) is 72.0 Å². The second-order valence-corrected chi connectivity index (χ2v) is 7.45. The van der Waals surface area contributed by atoms with Gasteiger partial charge in [-0.25, -0.2) is 4.98 Å². The third-order valence-electron chi connectivity index (χ3n) is 4.02. The molecule has 0 saturated carbocycles. The third-order valence-corrected chi connectivity index (χ3v) is 5.80. The molecule has 1 N–H and O–H groups in total. The van der Waals surface area contributed by atoms with Crippen molar-refractivity contribution < 1.29 is 9.53 Å². The highest BCUT2D eigenvalue weighted by atomic mass is 32.1. The van der Waals surface area contributed by atoms with Crippen molar-refractivity contribution in [2.24, 2.45) is 0 Å². The highest BCUT2D eigenvalue weighted by Crippen LogP contribution is 2.31. The Labute approximate surface area is 156 Å². The van der Waals surface area contributed by atoms with E-state index in [0.29, 0.717) is 20.9 Å². The average Bonchev–Trinajstić information content (AvgIpc) is 3.32. The van der Waals surface area contributed by atoms with Crippen LogP contribution >= 0.6 is 22.7 Å². The van der Waals surface area contributed by atoms with Gasteiger partial charge in [-0.15, -0.1) is 22.7 Å². The molecule has 0 bridgehead atoms. The normalized spacial score (nSPS) is 11.0. The van der Waals surface area contributed by atoms with Gasteiger partial charge in [0.25, 0.3) is 5.56 Å². The van der Waals surface area contributed by atoms with Crippen LogP contribution in [0.3, 0.4) is 0 Å². The van der Waals surface area contributed by atoms with E-state index in [1.165, 1.54) is 22.7 Å². The number of fused-ring (bicyclic) bond motifs is 1. The van der Waals surface area contributed by atoms with Gasteiger partial charge in [-0.05, 0) is 29.1 Å². The van der Waals surface area contributed by atoms with E-state index in [0.717, 1.165) is 16.9 Å². The van der Waals surface area contributed by atoms with E-state index in [1.807, 2.05) is 41.1 Å². The van der Waals surface area contributed by atoms with Crippen LogP contribution in [0.4, 0.5) is 0 Å². The summed E-state index contributed by atoms with van der Waals surface area (Å²) in [6, 6.07) is 11.1. The number of hydrogen-bond donors (Lipinski definition) is 1. The molecule has 0 aliphatic carbocycles. The van der Waals surface area contributed by atoms with Gasteiger partial charge in [0.15, 0.2) is 5.78 Å². The number of ketones is 1. The highest BCUT2D eigenvalue weighted by Gasteiger charge is 2.15. The second-order valence-electron chi connectivity index (χ2n) is 5.65. The maximum absolute atomic E-state index is 12.6. The fourth-order valence-electron chi connectivity index (χ4n) is 2.74. The van der Waals surface area contributed by atoms with Crippen molar-refractivity contribution in [2.75, 3.05) is 7.11 Å². The predicted molar refractivity (Wildman–Crippen MR) is 105 cm³/mol. The van der Waals surface area contributed by atoms with Crippen molar-refractivity contribution >= 4 is 38.7 Å². The maximum Gasteiger partial charge on any atom is 0.260 e. The Balaban J connectivity index is 1.71. The van der Waals surface area contributed by atoms with Gasteiger partial charge < -0.3 is 9.72 Å². The minimum absolute atomic E-state index is 0.0468. The first-order valence-electron chi connectivity index (χ1n) is 7.87. The number of thiophene rings is 2. The lowest BCUT2D eigenvalue weighted by molar-refractivity contribution is 0.0994. The summed E-state index contributed by atoms with van der Waals surface area (Å²) in [7, 11) is 1.61. The Morgan fingerprint density at radius 2 is 2.00 bits per heavy atom. The lowest BCUT2D eigenvalue weighted by Gasteiger charge is -2.03. The SMILES string of the molecule is COc1ccc(-c2csc3nc(CC(=O)c4cccs4)[nH]c(=O)c23)cc1. The number of nitrogens with zero attached hydrogens (tertiary/aromatic N) is 1. The van der Waals surface area contributed by atoms with Crippen LogP contribution in [0.15, 0.2) is 52.0 Å². The first kappa shape index (κ1) is 16.7. The fraction of sp³-hybridized carbons (Fsp3) is 0.105. The number of ether oxygens (including phenoxy) is 1. The number of aromatic nitrogens is 2. The Morgan fingerprint density at radius 3 is 2.69 bits per heavy atom. The van der Waals surface area contributed by atoms with Crippen LogP contribution in [-0.2, 0) is 6.42 Å². The van der Waals surface area contributed by atoms with E-state index in [1.54, 1.807) is 13.2 Å². The molecule has 0 amide bonds. The van der Waals surface area contributed by atoms with Gasteiger partial charge in [-0.2, -0.15) is 0 Å². The van der Waals surface area contributed by atoms with Crippen LogP contribution in [0.5, 0.6) is 5.75 Å². The summed E-state index contributed by atoms with van der Waals surface area (Å²) in [5.74, 6) is 1.10. The van der Waals surface area contributed by atoms with Crippen molar-refractivity contribution in [3.8, 4) is 16.9 Å².